The zero-order chi connectivity index (χ0) is 23.1. The summed E-state index contributed by atoms with van der Waals surface area (Å²) in [5.74, 6) is -0.0399. The maximum absolute atomic E-state index is 11.5. The van der Waals surface area contributed by atoms with Crippen molar-refractivity contribution in [1.29, 1.82) is 0 Å². The molecule has 2 atom stereocenters. The zero-order valence-corrected chi connectivity index (χ0v) is 20.2. The van der Waals surface area contributed by atoms with Gasteiger partial charge in [0.05, 0.1) is 11.6 Å². The quantitative estimate of drug-likeness (QED) is 0.476. The molecule has 0 aliphatic carbocycles. The van der Waals surface area contributed by atoms with Crippen molar-refractivity contribution in [3.05, 3.63) is 64.0 Å². The van der Waals surface area contributed by atoms with E-state index >= 15 is 0 Å². The summed E-state index contributed by atoms with van der Waals surface area (Å²) in [4.78, 5) is 18.9. The first-order chi connectivity index (χ1) is 15.9. The van der Waals surface area contributed by atoms with Gasteiger partial charge >= 0.3 is 5.97 Å². The monoisotopic (exact) mass is 462 g/mol. The fourth-order valence-corrected chi connectivity index (χ4v) is 6.30. The highest BCUT2D eigenvalue weighted by Gasteiger charge is 2.44. The first-order valence-electron chi connectivity index (χ1n) is 11.7. The second-order valence-corrected chi connectivity index (χ2v) is 10.4. The first kappa shape index (κ1) is 22.0. The van der Waals surface area contributed by atoms with Crippen molar-refractivity contribution in [3.63, 3.8) is 0 Å². The predicted molar refractivity (Wildman–Crippen MR) is 132 cm³/mol. The highest BCUT2D eigenvalue weighted by molar-refractivity contribution is 7.14. The average molecular weight is 463 g/mol. The van der Waals surface area contributed by atoms with Gasteiger partial charge in [0.15, 0.2) is 5.13 Å². The normalized spacial score (nSPS) is 21.9. The lowest BCUT2D eigenvalue weighted by atomic mass is 9.91. The molecule has 172 valence electrons. The van der Waals surface area contributed by atoms with E-state index < -0.39 is 5.97 Å². The molecule has 0 spiro atoms. The lowest BCUT2D eigenvalue weighted by Gasteiger charge is -2.37. The Morgan fingerprint density at radius 2 is 1.79 bits per heavy atom. The van der Waals surface area contributed by atoms with E-state index in [4.69, 9.17) is 9.72 Å². The van der Waals surface area contributed by atoms with Crippen LogP contribution < -0.4 is 9.64 Å². The molecule has 2 aliphatic rings. The van der Waals surface area contributed by atoms with Crippen molar-refractivity contribution in [2.75, 3.05) is 4.90 Å². The molecule has 6 heteroatoms. The standard InChI is InChI=1S/C27H30N2O3S/c1-16-4-6-19(18(3)10-16)14-32-25-9-5-17(2)11-23(25)24-15-33-27(28-24)29-21-7-8-22(29)13-20(12-21)26(30)31/h4-6,9-11,15,20-22H,7-8,12-14H2,1-3H3,(H,30,31). The number of aryl methyl sites for hydroxylation is 3. The minimum absolute atomic E-state index is 0.222. The van der Waals surface area contributed by atoms with Crippen LogP contribution in [-0.2, 0) is 11.4 Å². The van der Waals surface area contributed by atoms with E-state index in [1.54, 1.807) is 11.3 Å². The Bertz CT molecular complexity index is 1170. The molecule has 2 bridgehead atoms. The van der Waals surface area contributed by atoms with Gasteiger partial charge in [-0.3, -0.25) is 4.79 Å². The molecule has 2 saturated heterocycles. The third-order valence-electron chi connectivity index (χ3n) is 7.09. The summed E-state index contributed by atoms with van der Waals surface area (Å²) in [6.07, 6.45) is 3.54. The van der Waals surface area contributed by atoms with Gasteiger partial charge in [-0.2, -0.15) is 0 Å². The zero-order valence-electron chi connectivity index (χ0n) is 19.4. The second-order valence-electron chi connectivity index (χ2n) is 9.53. The highest BCUT2D eigenvalue weighted by Crippen LogP contribution is 2.44. The number of carboxylic acids is 1. The number of hydrogen-bond donors (Lipinski definition) is 1. The van der Waals surface area contributed by atoms with E-state index in [9.17, 15) is 9.90 Å². The lowest BCUT2D eigenvalue weighted by molar-refractivity contribution is -0.142. The molecule has 5 nitrogen and oxygen atoms in total. The number of anilines is 1. The number of aliphatic carboxylic acids is 1. The minimum atomic E-state index is -0.656. The third-order valence-corrected chi connectivity index (χ3v) is 7.94. The molecule has 2 fully saturated rings. The predicted octanol–water partition coefficient (Wildman–Crippen LogP) is 6.15. The Morgan fingerprint density at radius 3 is 2.48 bits per heavy atom. The maximum Gasteiger partial charge on any atom is 0.306 e. The topological polar surface area (TPSA) is 62.7 Å². The van der Waals surface area contributed by atoms with Gasteiger partial charge in [0.1, 0.15) is 12.4 Å². The number of benzene rings is 2. The first-order valence-corrected chi connectivity index (χ1v) is 12.5. The van der Waals surface area contributed by atoms with Gasteiger partial charge in [0.2, 0.25) is 0 Å². The molecule has 0 radical (unpaired) electrons. The summed E-state index contributed by atoms with van der Waals surface area (Å²) in [5, 5.41) is 12.6. The maximum atomic E-state index is 11.5. The Hall–Kier alpha value is -2.86. The van der Waals surface area contributed by atoms with Gasteiger partial charge in [-0.15, -0.1) is 11.3 Å². The SMILES string of the molecule is Cc1ccc(COc2ccc(C)cc2-c2csc(N3C4CCC3CC(C(=O)O)C4)n2)c(C)c1. The molecule has 3 heterocycles. The van der Waals surface area contributed by atoms with E-state index in [1.807, 2.05) is 6.07 Å². The van der Waals surface area contributed by atoms with Gasteiger partial charge < -0.3 is 14.7 Å². The van der Waals surface area contributed by atoms with Crippen LogP contribution in [0.1, 0.15) is 47.9 Å². The number of ether oxygens (including phenoxy) is 1. The van der Waals surface area contributed by atoms with Crippen molar-refractivity contribution >= 4 is 22.4 Å². The van der Waals surface area contributed by atoms with Gasteiger partial charge in [0, 0.05) is 23.0 Å². The van der Waals surface area contributed by atoms with Crippen LogP contribution >= 0.6 is 11.3 Å². The van der Waals surface area contributed by atoms with Gasteiger partial charge in [-0.25, -0.2) is 4.98 Å². The summed E-state index contributed by atoms with van der Waals surface area (Å²) < 4.78 is 6.29. The summed E-state index contributed by atoms with van der Waals surface area (Å²) in [6, 6.07) is 13.3. The van der Waals surface area contributed by atoms with Crippen LogP contribution in [0.25, 0.3) is 11.3 Å². The summed E-state index contributed by atoms with van der Waals surface area (Å²) in [7, 11) is 0. The number of rotatable bonds is 6. The molecule has 3 aromatic rings. The smallest absolute Gasteiger partial charge is 0.306 e. The van der Waals surface area contributed by atoms with Crippen molar-refractivity contribution in [3.8, 4) is 17.0 Å². The number of carboxylic acid groups (broad SMARTS) is 1. The number of fused-ring (bicyclic) bond motifs is 2. The van der Waals surface area contributed by atoms with Crippen molar-refractivity contribution in [2.45, 2.75) is 65.1 Å². The third kappa shape index (κ3) is 4.36. The van der Waals surface area contributed by atoms with Crippen LogP contribution in [0, 0.1) is 26.7 Å². The van der Waals surface area contributed by atoms with E-state index in [0.29, 0.717) is 6.61 Å². The van der Waals surface area contributed by atoms with Crippen LogP contribution in [0.4, 0.5) is 5.13 Å². The molecular weight excluding hydrogens is 432 g/mol. The summed E-state index contributed by atoms with van der Waals surface area (Å²) in [6.45, 7) is 6.83. The number of hydrogen-bond acceptors (Lipinski definition) is 5. The number of aromatic nitrogens is 1. The van der Waals surface area contributed by atoms with Crippen LogP contribution in [0.15, 0.2) is 41.8 Å². The van der Waals surface area contributed by atoms with Gasteiger partial charge in [-0.05, 0) is 69.7 Å². The summed E-state index contributed by atoms with van der Waals surface area (Å²) >= 11 is 1.65. The van der Waals surface area contributed by atoms with E-state index in [-0.39, 0.29) is 18.0 Å². The van der Waals surface area contributed by atoms with Gasteiger partial charge in [0.25, 0.3) is 0 Å². The molecule has 2 aromatic carbocycles. The van der Waals surface area contributed by atoms with E-state index in [0.717, 1.165) is 47.8 Å². The molecule has 0 amide bonds. The van der Waals surface area contributed by atoms with Crippen LogP contribution in [0.2, 0.25) is 0 Å². The molecule has 2 aliphatic heterocycles. The lowest BCUT2D eigenvalue weighted by Crippen LogP contribution is -2.44. The average Bonchev–Trinajstić information content (AvgIpc) is 3.35. The Morgan fingerprint density at radius 1 is 1.09 bits per heavy atom. The van der Waals surface area contributed by atoms with Crippen LogP contribution in [0.5, 0.6) is 5.75 Å². The Balaban J connectivity index is 1.38. The second kappa shape index (κ2) is 8.82. The van der Waals surface area contributed by atoms with Crippen molar-refractivity contribution in [2.24, 2.45) is 5.92 Å². The van der Waals surface area contributed by atoms with Crippen molar-refractivity contribution < 1.29 is 14.6 Å². The number of nitrogens with zero attached hydrogens (tertiary/aromatic N) is 2. The Labute approximate surface area is 199 Å². The molecular formula is C27H30N2O3S. The van der Waals surface area contributed by atoms with E-state index in [1.165, 1.54) is 22.3 Å². The molecule has 5 rings (SSSR count). The fourth-order valence-electron chi connectivity index (χ4n) is 5.33. The largest absolute Gasteiger partial charge is 0.488 e. The summed E-state index contributed by atoms with van der Waals surface area (Å²) in [5.41, 5.74) is 6.78. The van der Waals surface area contributed by atoms with Crippen molar-refractivity contribution in [1.82, 2.24) is 4.98 Å². The Kier molecular flexibility index (Phi) is 5.87. The van der Waals surface area contributed by atoms with Crippen LogP contribution in [0.3, 0.4) is 0 Å². The minimum Gasteiger partial charge on any atom is -0.488 e. The fraction of sp³-hybridized carbons (Fsp3) is 0.407. The number of piperidine rings is 1. The molecule has 1 N–H and O–H groups in total. The molecule has 0 saturated carbocycles. The number of thiazole rings is 1. The molecule has 1 aromatic heterocycles. The highest BCUT2D eigenvalue weighted by atomic mass is 32.1. The molecule has 33 heavy (non-hydrogen) atoms. The number of carbonyl (C=O) groups is 1. The molecule has 2 unspecified atom stereocenters. The van der Waals surface area contributed by atoms with E-state index in [2.05, 4.69) is 61.4 Å². The van der Waals surface area contributed by atoms with Gasteiger partial charge in [-0.1, -0.05) is 35.4 Å². The van der Waals surface area contributed by atoms with Crippen LogP contribution in [-0.4, -0.2) is 28.1 Å².